The number of nitrogens with zero attached hydrogens (tertiary/aromatic N) is 1. The first-order chi connectivity index (χ1) is 13.5. The van der Waals surface area contributed by atoms with Crippen LogP contribution in [0.25, 0.3) is 0 Å². The van der Waals surface area contributed by atoms with Crippen molar-refractivity contribution in [1.82, 2.24) is 9.62 Å². The third-order valence-corrected chi connectivity index (χ3v) is 5.27. The van der Waals surface area contributed by atoms with Gasteiger partial charge < -0.3 is 14.8 Å². The predicted molar refractivity (Wildman–Crippen MR) is 118 cm³/mol. The van der Waals surface area contributed by atoms with Gasteiger partial charge in [-0.25, -0.2) is 9.59 Å². The highest BCUT2D eigenvalue weighted by atomic mass is 32.2. The van der Waals surface area contributed by atoms with E-state index in [1.54, 1.807) is 45.0 Å². The molecule has 1 aromatic carbocycles. The van der Waals surface area contributed by atoms with Gasteiger partial charge in [0.1, 0.15) is 11.6 Å². The Balaban J connectivity index is 3.25. The number of thiol groups is 1. The van der Waals surface area contributed by atoms with Crippen LogP contribution in [-0.4, -0.2) is 53.0 Å². The second-order valence-corrected chi connectivity index (χ2v) is 8.86. The fourth-order valence-electron chi connectivity index (χ4n) is 2.73. The Morgan fingerprint density at radius 1 is 1.21 bits per heavy atom. The van der Waals surface area contributed by atoms with E-state index in [9.17, 15) is 14.4 Å². The maximum absolute atomic E-state index is 13.1. The molecule has 1 rings (SSSR count). The average molecular weight is 443 g/mol. The van der Waals surface area contributed by atoms with E-state index in [2.05, 4.69) is 18.1 Å². The van der Waals surface area contributed by atoms with Gasteiger partial charge in [0.25, 0.3) is 5.91 Å². The molecule has 0 fully saturated rings. The van der Waals surface area contributed by atoms with Crippen molar-refractivity contribution in [3.63, 3.8) is 0 Å². The lowest BCUT2D eigenvalue weighted by Crippen LogP contribution is -2.56. The molecule has 1 N–H and O–H groups in total. The van der Waals surface area contributed by atoms with Gasteiger partial charge in [0, 0.05) is 0 Å². The molecule has 0 heterocycles. The zero-order valence-electron chi connectivity index (χ0n) is 17.7. The Labute approximate surface area is 182 Å². The highest BCUT2D eigenvalue weighted by Crippen LogP contribution is 2.37. The Kier molecular flexibility index (Phi) is 9.35. The first kappa shape index (κ1) is 25.2. The van der Waals surface area contributed by atoms with E-state index >= 15 is 0 Å². The number of thioether (sulfide) groups is 1. The second kappa shape index (κ2) is 10.8. The monoisotopic (exact) mass is 442 g/mol. The molecule has 0 saturated carbocycles. The van der Waals surface area contributed by atoms with E-state index in [-0.39, 0.29) is 0 Å². The van der Waals surface area contributed by atoms with Crippen LogP contribution in [0.1, 0.15) is 39.7 Å². The lowest BCUT2D eigenvalue weighted by Gasteiger charge is -2.39. The summed E-state index contributed by atoms with van der Waals surface area (Å²) in [6, 6.07) is 7.90. The summed E-state index contributed by atoms with van der Waals surface area (Å²) in [5.41, 5.74) is -1.57. The molecule has 0 aliphatic rings. The van der Waals surface area contributed by atoms with Crippen LogP contribution in [0.3, 0.4) is 0 Å². The Hall–Kier alpha value is -1.87. The molecule has 0 spiro atoms. The lowest BCUT2D eigenvalue weighted by molar-refractivity contribution is -0.157. The van der Waals surface area contributed by atoms with Crippen molar-refractivity contribution in [1.29, 1.82) is 0 Å². The number of hydrogen-bond donors (Lipinski definition) is 2. The van der Waals surface area contributed by atoms with Crippen molar-refractivity contribution in [2.45, 2.75) is 51.3 Å². The molecule has 9 heteroatoms. The van der Waals surface area contributed by atoms with E-state index < -0.39 is 35.2 Å². The summed E-state index contributed by atoms with van der Waals surface area (Å²) in [5, 5.41) is 2.50. The molecular formula is C20H30N2O5S2. The minimum absolute atomic E-state index is 0.291. The first-order valence-corrected chi connectivity index (χ1v) is 10.9. The number of esters is 1. The van der Waals surface area contributed by atoms with Crippen molar-refractivity contribution in [3.05, 3.63) is 35.9 Å². The van der Waals surface area contributed by atoms with E-state index in [0.717, 1.165) is 4.31 Å². The SMILES string of the molecule is COC(=O)[C@@](CCSC)(c1ccccc1)N(S)C(=O)[C@H](C)NC(=O)OC(C)(C)C. The molecule has 2 amide bonds. The summed E-state index contributed by atoms with van der Waals surface area (Å²) >= 11 is 5.95. The fourth-order valence-corrected chi connectivity index (χ4v) is 3.70. The van der Waals surface area contributed by atoms with E-state index in [1.807, 2.05) is 12.3 Å². The van der Waals surface area contributed by atoms with Crippen LogP contribution >= 0.6 is 24.6 Å². The normalized spacial score (nSPS) is 14.3. The largest absolute Gasteiger partial charge is 0.467 e. The van der Waals surface area contributed by atoms with Crippen LogP contribution in [0.4, 0.5) is 4.79 Å². The summed E-state index contributed by atoms with van der Waals surface area (Å²) in [6.07, 6.45) is 1.47. The molecule has 0 aromatic heterocycles. The minimum Gasteiger partial charge on any atom is -0.467 e. The number of amides is 2. The third-order valence-electron chi connectivity index (χ3n) is 4.12. The first-order valence-electron chi connectivity index (χ1n) is 9.15. The van der Waals surface area contributed by atoms with Crippen LogP contribution in [0.15, 0.2) is 30.3 Å². The van der Waals surface area contributed by atoms with Crippen LogP contribution in [0.2, 0.25) is 0 Å². The van der Waals surface area contributed by atoms with Gasteiger partial charge in [0.15, 0.2) is 5.54 Å². The predicted octanol–water partition coefficient (Wildman–Crippen LogP) is 3.39. The molecule has 0 saturated heterocycles. The maximum Gasteiger partial charge on any atom is 0.408 e. The van der Waals surface area contributed by atoms with Crippen molar-refractivity contribution < 1.29 is 23.9 Å². The smallest absolute Gasteiger partial charge is 0.408 e. The standard InChI is InChI=1S/C20H30N2O5S2/c1-14(21-18(25)27-19(2,3)4)16(23)22(28)20(12-13-29-6,17(24)26-5)15-10-8-7-9-11-15/h7-11,14,28H,12-13H2,1-6H3,(H,21,25)/t14-,20+/m0/s1. The molecule has 7 nitrogen and oxygen atoms in total. The van der Waals surface area contributed by atoms with E-state index in [4.69, 9.17) is 9.47 Å². The maximum atomic E-state index is 13.1. The van der Waals surface area contributed by atoms with Crippen molar-refractivity contribution in [2.24, 2.45) is 0 Å². The van der Waals surface area contributed by atoms with Gasteiger partial charge in [-0.3, -0.25) is 9.10 Å². The average Bonchev–Trinajstić information content (AvgIpc) is 2.66. The number of carbonyl (C=O) groups excluding carboxylic acids is 3. The van der Waals surface area contributed by atoms with Crippen LogP contribution in [-0.2, 0) is 24.6 Å². The van der Waals surface area contributed by atoms with Gasteiger partial charge in [-0.1, -0.05) is 43.1 Å². The molecule has 29 heavy (non-hydrogen) atoms. The van der Waals surface area contributed by atoms with Crippen LogP contribution in [0, 0.1) is 0 Å². The third kappa shape index (κ3) is 6.57. The molecule has 0 radical (unpaired) electrons. The minimum atomic E-state index is -1.44. The topological polar surface area (TPSA) is 84.9 Å². The zero-order valence-corrected chi connectivity index (χ0v) is 19.4. The Bertz CT molecular complexity index is 709. The van der Waals surface area contributed by atoms with Gasteiger partial charge in [-0.2, -0.15) is 11.8 Å². The number of hydrogen-bond acceptors (Lipinski definition) is 7. The highest BCUT2D eigenvalue weighted by Gasteiger charge is 2.49. The van der Waals surface area contributed by atoms with Crippen molar-refractivity contribution in [3.8, 4) is 0 Å². The van der Waals surface area contributed by atoms with Gasteiger partial charge in [-0.05, 0) is 51.7 Å². The lowest BCUT2D eigenvalue weighted by atomic mass is 9.86. The van der Waals surface area contributed by atoms with Crippen LogP contribution in [0.5, 0.6) is 0 Å². The van der Waals surface area contributed by atoms with Gasteiger partial charge in [0.2, 0.25) is 0 Å². The summed E-state index contributed by atoms with van der Waals surface area (Å²) in [6.45, 7) is 6.69. The number of rotatable bonds is 8. The van der Waals surface area contributed by atoms with Gasteiger partial charge in [-0.15, -0.1) is 0 Å². The van der Waals surface area contributed by atoms with Gasteiger partial charge in [0.05, 0.1) is 7.11 Å². The van der Waals surface area contributed by atoms with E-state index in [0.29, 0.717) is 17.7 Å². The summed E-state index contributed by atoms with van der Waals surface area (Å²) in [4.78, 5) is 38.1. The fraction of sp³-hybridized carbons (Fsp3) is 0.550. The molecule has 1 aromatic rings. The molecule has 0 aliphatic heterocycles. The van der Waals surface area contributed by atoms with E-state index in [1.165, 1.54) is 25.8 Å². The summed E-state index contributed by atoms with van der Waals surface area (Å²) < 4.78 is 11.3. The Morgan fingerprint density at radius 2 is 1.79 bits per heavy atom. The Morgan fingerprint density at radius 3 is 2.28 bits per heavy atom. The number of alkyl carbamates (subject to hydrolysis) is 1. The number of methoxy groups -OCH3 is 1. The summed E-state index contributed by atoms with van der Waals surface area (Å²) in [7, 11) is 1.27. The molecule has 0 aliphatic carbocycles. The number of benzene rings is 1. The quantitative estimate of drug-likeness (QED) is 0.474. The summed E-state index contributed by atoms with van der Waals surface area (Å²) in [5.74, 6) is -0.581. The van der Waals surface area contributed by atoms with Crippen LogP contribution < -0.4 is 5.32 Å². The number of carbonyl (C=O) groups is 3. The second-order valence-electron chi connectivity index (χ2n) is 7.48. The molecule has 2 atom stereocenters. The molecular weight excluding hydrogens is 412 g/mol. The molecule has 162 valence electrons. The zero-order chi connectivity index (χ0) is 22.2. The van der Waals surface area contributed by atoms with Crippen molar-refractivity contribution >= 4 is 42.5 Å². The number of ether oxygens (including phenoxy) is 2. The van der Waals surface area contributed by atoms with Gasteiger partial charge >= 0.3 is 12.1 Å². The molecule has 0 bridgehead atoms. The number of nitrogens with one attached hydrogen (secondary N) is 1. The van der Waals surface area contributed by atoms with Crippen molar-refractivity contribution in [2.75, 3.05) is 19.1 Å². The molecule has 0 unspecified atom stereocenters. The highest BCUT2D eigenvalue weighted by molar-refractivity contribution is 7.98.